The van der Waals surface area contributed by atoms with Gasteiger partial charge in [-0.1, -0.05) is 30.7 Å². The maximum Gasteiger partial charge on any atom is 0.150 e. The lowest BCUT2D eigenvalue weighted by atomic mass is 10.0. The number of benzene rings is 1. The minimum Gasteiger partial charge on any atom is -0.317 e. The van der Waals surface area contributed by atoms with Crippen molar-refractivity contribution in [2.24, 2.45) is 0 Å². The predicted molar refractivity (Wildman–Crippen MR) is 81.5 cm³/mol. The molecule has 6 heteroatoms. The van der Waals surface area contributed by atoms with Gasteiger partial charge in [0.2, 0.25) is 0 Å². The molecule has 0 amide bonds. The highest BCUT2D eigenvalue weighted by Gasteiger charge is 2.14. The molecular formula is C14H21ClFNO2S. The van der Waals surface area contributed by atoms with Crippen LogP contribution in [0.3, 0.4) is 0 Å². The summed E-state index contributed by atoms with van der Waals surface area (Å²) in [4.78, 5) is 0. The molecule has 0 spiro atoms. The number of likely N-dealkylation sites (N-methyl/N-ethyl adjacent to an activating group) is 1. The van der Waals surface area contributed by atoms with Crippen LogP contribution >= 0.6 is 11.6 Å². The molecule has 0 aromatic heterocycles. The molecule has 0 aliphatic carbocycles. The Balaban J connectivity index is 2.57. The lowest BCUT2D eigenvalue weighted by Crippen LogP contribution is -2.28. The van der Waals surface area contributed by atoms with E-state index in [4.69, 9.17) is 11.6 Å². The van der Waals surface area contributed by atoms with Crippen molar-refractivity contribution in [3.63, 3.8) is 0 Å². The molecule has 1 rings (SSSR count). The third-order valence-corrected chi connectivity index (χ3v) is 5.44. The third kappa shape index (κ3) is 5.38. The highest BCUT2D eigenvalue weighted by Crippen LogP contribution is 2.20. The van der Waals surface area contributed by atoms with E-state index in [1.54, 1.807) is 26.1 Å². The fourth-order valence-corrected chi connectivity index (χ4v) is 3.10. The molecule has 0 aliphatic rings. The first-order valence-electron chi connectivity index (χ1n) is 6.70. The molecule has 0 radical (unpaired) electrons. The van der Waals surface area contributed by atoms with E-state index in [-0.39, 0.29) is 22.6 Å². The smallest absolute Gasteiger partial charge is 0.150 e. The molecule has 0 aliphatic heterocycles. The number of hydrogen-bond donors (Lipinski definition) is 1. The Labute approximate surface area is 125 Å². The molecule has 1 atom stereocenters. The molecule has 0 fully saturated rings. The Kier molecular flexibility index (Phi) is 6.92. The van der Waals surface area contributed by atoms with E-state index in [9.17, 15) is 12.8 Å². The maximum absolute atomic E-state index is 13.8. The van der Waals surface area contributed by atoms with Gasteiger partial charge < -0.3 is 5.32 Å². The molecule has 0 saturated heterocycles. The quantitative estimate of drug-likeness (QED) is 0.801. The number of nitrogens with one attached hydrogen (secondary N) is 1. The van der Waals surface area contributed by atoms with E-state index in [1.165, 1.54) is 6.07 Å². The zero-order valence-electron chi connectivity index (χ0n) is 11.8. The van der Waals surface area contributed by atoms with Crippen LogP contribution in [0.2, 0.25) is 5.02 Å². The second-order valence-corrected chi connectivity index (χ2v) is 7.66. The standard InChI is InChI=1S/C14H21ClFNO2S/c1-3-20(18,19)9-5-7-12(17-2)10-11-6-4-8-13(15)14(11)16/h4,6,8,12,17H,3,5,7,9-10H2,1-2H3. The largest absolute Gasteiger partial charge is 0.317 e. The van der Waals surface area contributed by atoms with Crippen molar-refractivity contribution in [1.82, 2.24) is 5.32 Å². The van der Waals surface area contributed by atoms with Crippen molar-refractivity contribution in [2.45, 2.75) is 32.2 Å². The monoisotopic (exact) mass is 321 g/mol. The summed E-state index contributed by atoms with van der Waals surface area (Å²) < 4.78 is 36.7. The van der Waals surface area contributed by atoms with Crippen molar-refractivity contribution in [2.75, 3.05) is 18.6 Å². The van der Waals surface area contributed by atoms with Gasteiger partial charge in [-0.2, -0.15) is 0 Å². The number of hydrogen-bond acceptors (Lipinski definition) is 3. The first-order chi connectivity index (χ1) is 9.39. The van der Waals surface area contributed by atoms with Gasteiger partial charge in [-0.3, -0.25) is 0 Å². The summed E-state index contributed by atoms with van der Waals surface area (Å²) in [5.41, 5.74) is 0.551. The summed E-state index contributed by atoms with van der Waals surface area (Å²) in [7, 11) is -1.14. The lowest BCUT2D eigenvalue weighted by Gasteiger charge is -2.16. The van der Waals surface area contributed by atoms with Crippen LogP contribution in [0, 0.1) is 5.82 Å². The second kappa shape index (κ2) is 7.96. The Hall–Kier alpha value is -0.650. The Morgan fingerprint density at radius 2 is 2.10 bits per heavy atom. The predicted octanol–water partition coefficient (Wildman–Crippen LogP) is 2.82. The van der Waals surface area contributed by atoms with Gasteiger partial charge in [-0.25, -0.2) is 12.8 Å². The van der Waals surface area contributed by atoms with Crippen LogP contribution in [0.15, 0.2) is 18.2 Å². The average molecular weight is 322 g/mol. The van der Waals surface area contributed by atoms with E-state index in [2.05, 4.69) is 5.32 Å². The summed E-state index contributed by atoms with van der Waals surface area (Å²) in [6.45, 7) is 1.65. The van der Waals surface area contributed by atoms with Crippen LogP contribution in [-0.2, 0) is 16.3 Å². The van der Waals surface area contributed by atoms with Crippen molar-refractivity contribution in [1.29, 1.82) is 0 Å². The van der Waals surface area contributed by atoms with Crippen LogP contribution < -0.4 is 5.32 Å². The first kappa shape index (κ1) is 17.4. The van der Waals surface area contributed by atoms with Crippen molar-refractivity contribution >= 4 is 21.4 Å². The molecule has 0 saturated carbocycles. The van der Waals surface area contributed by atoms with Gasteiger partial charge in [0.15, 0.2) is 0 Å². The number of halogens is 2. The van der Waals surface area contributed by atoms with Gasteiger partial charge in [0.1, 0.15) is 15.7 Å². The van der Waals surface area contributed by atoms with Crippen molar-refractivity contribution in [3.05, 3.63) is 34.6 Å². The fourth-order valence-electron chi connectivity index (χ4n) is 2.01. The molecular weight excluding hydrogens is 301 g/mol. The highest BCUT2D eigenvalue weighted by molar-refractivity contribution is 7.91. The minimum atomic E-state index is -2.93. The number of rotatable bonds is 8. The van der Waals surface area contributed by atoms with Gasteiger partial charge >= 0.3 is 0 Å². The van der Waals surface area contributed by atoms with Gasteiger partial charge in [0.25, 0.3) is 0 Å². The molecule has 114 valence electrons. The summed E-state index contributed by atoms with van der Waals surface area (Å²) in [5, 5.41) is 3.21. The molecule has 0 bridgehead atoms. The van der Waals surface area contributed by atoms with Crippen molar-refractivity contribution < 1.29 is 12.8 Å². The molecule has 1 aromatic carbocycles. The third-order valence-electron chi connectivity index (χ3n) is 3.35. The Morgan fingerprint density at radius 1 is 1.40 bits per heavy atom. The van der Waals surface area contributed by atoms with Gasteiger partial charge in [-0.15, -0.1) is 0 Å². The molecule has 3 nitrogen and oxygen atoms in total. The molecule has 20 heavy (non-hydrogen) atoms. The summed E-state index contributed by atoms with van der Waals surface area (Å²) in [6.07, 6.45) is 1.75. The van der Waals surface area contributed by atoms with E-state index in [1.807, 2.05) is 0 Å². The second-order valence-electron chi connectivity index (χ2n) is 4.78. The first-order valence-corrected chi connectivity index (χ1v) is 8.90. The zero-order chi connectivity index (χ0) is 15.2. The average Bonchev–Trinajstić information content (AvgIpc) is 2.42. The fraction of sp³-hybridized carbons (Fsp3) is 0.571. The molecule has 0 heterocycles. The summed E-state index contributed by atoms with van der Waals surface area (Å²) in [6, 6.07) is 4.97. The minimum absolute atomic E-state index is 0.0371. The van der Waals surface area contributed by atoms with E-state index in [0.29, 0.717) is 24.8 Å². The van der Waals surface area contributed by atoms with Gasteiger partial charge in [0.05, 0.1) is 10.8 Å². The molecule has 1 N–H and O–H groups in total. The SMILES string of the molecule is CCS(=O)(=O)CCCC(Cc1cccc(Cl)c1F)NC. The lowest BCUT2D eigenvalue weighted by molar-refractivity contribution is 0.497. The van der Waals surface area contributed by atoms with Crippen LogP contribution in [0.4, 0.5) is 4.39 Å². The van der Waals surface area contributed by atoms with E-state index >= 15 is 0 Å². The van der Waals surface area contributed by atoms with Gasteiger partial charge in [-0.05, 0) is 37.9 Å². The Morgan fingerprint density at radius 3 is 2.70 bits per heavy atom. The zero-order valence-corrected chi connectivity index (χ0v) is 13.4. The van der Waals surface area contributed by atoms with E-state index < -0.39 is 15.7 Å². The summed E-state index contributed by atoms with van der Waals surface area (Å²) >= 11 is 5.75. The van der Waals surface area contributed by atoms with Crippen molar-refractivity contribution in [3.8, 4) is 0 Å². The normalized spacial score (nSPS) is 13.4. The molecule has 1 aromatic rings. The Bertz CT molecular complexity index is 534. The van der Waals surface area contributed by atoms with Crippen LogP contribution in [0.5, 0.6) is 0 Å². The van der Waals surface area contributed by atoms with Crippen LogP contribution in [0.25, 0.3) is 0 Å². The topological polar surface area (TPSA) is 46.2 Å². The van der Waals surface area contributed by atoms with E-state index in [0.717, 1.165) is 0 Å². The van der Waals surface area contributed by atoms with Crippen LogP contribution in [-0.4, -0.2) is 33.0 Å². The summed E-state index contributed by atoms with van der Waals surface area (Å²) in [5.74, 6) is -0.0459. The van der Waals surface area contributed by atoms with Gasteiger partial charge in [0, 0.05) is 11.8 Å². The highest BCUT2D eigenvalue weighted by atomic mass is 35.5. The van der Waals surface area contributed by atoms with Crippen LogP contribution in [0.1, 0.15) is 25.3 Å². The maximum atomic E-state index is 13.8. The molecule has 1 unspecified atom stereocenters. The number of sulfone groups is 1.